The van der Waals surface area contributed by atoms with Gasteiger partial charge in [-0.25, -0.2) is 0 Å². The summed E-state index contributed by atoms with van der Waals surface area (Å²) in [6, 6.07) is 6.25. The summed E-state index contributed by atoms with van der Waals surface area (Å²) in [6.07, 6.45) is -0.351. The van der Waals surface area contributed by atoms with Crippen LogP contribution in [0.25, 0.3) is 0 Å². The van der Waals surface area contributed by atoms with Crippen molar-refractivity contribution in [1.82, 2.24) is 4.98 Å². The molecule has 1 N–H and O–H groups in total. The van der Waals surface area contributed by atoms with E-state index in [9.17, 15) is 8.78 Å². The summed E-state index contributed by atoms with van der Waals surface area (Å²) >= 11 is 3.33. The first-order valence-corrected chi connectivity index (χ1v) is 6.09. The number of fused-ring (bicyclic) bond motifs is 1. The highest BCUT2D eigenvalue weighted by molar-refractivity contribution is 9.10. The first-order valence-electron chi connectivity index (χ1n) is 5.30. The Balaban J connectivity index is 1.87. The second kappa shape index (κ2) is 4.34. The summed E-state index contributed by atoms with van der Waals surface area (Å²) in [5, 5.41) is 3.06. The molecule has 0 atom stereocenters. The minimum Gasteiger partial charge on any atom is -0.395 e. The molecule has 7 heteroatoms. The van der Waals surface area contributed by atoms with E-state index in [2.05, 4.69) is 35.7 Å². The van der Waals surface area contributed by atoms with Crippen molar-refractivity contribution in [3.8, 4) is 11.5 Å². The van der Waals surface area contributed by atoms with Crippen LogP contribution in [0.1, 0.15) is 0 Å². The van der Waals surface area contributed by atoms with Gasteiger partial charge in [-0.1, -0.05) is 0 Å². The maximum atomic E-state index is 12.9. The molecule has 1 aliphatic heterocycles. The van der Waals surface area contributed by atoms with Crippen molar-refractivity contribution < 1.29 is 18.3 Å². The van der Waals surface area contributed by atoms with Crippen molar-refractivity contribution in [3.05, 3.63) is 41.1 Å². The van der Waals surface area contributed by atoms with E-state index in [1.165, 1.54) is 12.1 Å². The molecular weight excluding hydrogens is 322 g/mol. The molecule has 0 aliphatic carbocycles. The van der Waals surface area contributed by atoms with Gasteiger partial charge in [-0.05, 0) is 34.1 Å². The van der Waals surface area contributed by atoms with E-state index in [0.29, 0.717) is 5.69 Å². The standard InChI is InChI=1S/C12H7BrF2N2O2/c13-8-6-16-4-3-9(8)17-7-1-2-10-11(5-7)19-12(14,15)18-10/h1-6H,(H,16,17). The van der Waals surface area contributed by atoms with Crippen molar-refractivity contribution in [2.45, 2.75) is 6.29 Å². The van der Waals surface area contributed by atoms with Gasteiger partial charge >= 0.3 is 6.29 Å². The molecule has 0 saturated heterocycles. The smallest absolute Gasteiger partial charge is 0.395 e. The van der Waals surface area contributed by atoms with Crippen LogP contribution in [0.5, 0.6) is 11.5 Å². The molecule has 19 heavy (non-hydrogen) atoms. The second-order valence-corrected chi connectivity index (χ2v) is 4.66. The van der Waals surface area contributed by atoms with Gasteiger partial charge < -0.3 is 14.8 Å². The van der Waals surface area contributed by atoms with Crippen molar-refractivity contribution in [1.29, 1.82) is 0 Å². The molecule has 0 radical (unpaired) electrons. The zero-order valence-corrected chi connectivity index (χ0v) is 10.9. The average Bonchev–Trinajstić information content (AvgIpc) is 2.65. The van der Waals surface area contributed by atoms with Gasteiger partial charge in [0.1, 0.15) is 0 Å². The normalized spacial score (nSPS) is 15.3. The third kappa shape index (κ3) is 2.46. The van der Waals surface area contributed by atoms with Crippen molar-refractivity contribution in [3.63, 3.8) is 0 Å². The number of pyridine rings is 1. The van der Waals surface area contributed by atoms with Crippen LogP contribution in [0.2, 0.25) is 0 Å². The van der Waals surface area contributed by atoms with Crippen LogP contribution in [0.4, 0.5) is 20.2 Å². The van der Waals surface area contributed by atoms with E-state index in [0.717, 1.165) is 10.2 Å². The third-order valence-electron chi connectivity index (χ3n) is 2.45. The number of rotatable bonds is 2. The van der Waals surface area contributed by atoms with Crippen molar-refractivity contribution in [2.24, 2.45) is 0 Å². The van der Waals surface area contributed by atoms with Crippen LogP contribution in [0, 0.1) is 0 Å². The number of aromatic nitrogens is 1. The SMILES string of the molecule is FC1(F)Oc2ccc(Nc3ccncc3Br)cc2O1. The predicted molar refractivity (Wildman–Crippen MR) is 67.9 cm³/mol. The van der Waals surface area contributed by atoms with Crippen LogP contribution in [0.3, 0.4) is 0 Å². The second-order valence-electron chi connectivity index (χ2n) is 3.81. The van der Waals surface area contributed by atoms with Gasteiger partial charge in [-0.15, -0.1) is 8.78 Å². The van der Waals surface area contributed by atoms with Gasteiger partial charge in [0, 0.05) is 24.1 Å². The van der Waals surface area contributed by atoms with Gasteiger partial charge in [0.05, 0.1) is 10.2 Å². The number of hydrogen-bond donors (Lipinski definition) is 1. The van der Waals surface area contributed by atoms with Gasteiger partial charge in [0.15, 0.2) is 11.5 Å². The molecule has 4 nitrogen and oxygen atoms in total. The molecule has 1 aromatic carbocycles. The molecule has 0 unspecified atom stereocenters. The van der Waals surface area contributed by atoms with Crippen molar-refractivity contribution in [2.75, 3.05) is 5.32 Å². The van der Waals surface area contributed by atoms with Crippen LogP contribution < -0.4 is 14.8 Å². The summed E-state index contributed by atoms with van der Waals surface area (Å²) in [4.78, 5) is 3.93. The highest BCUT2D eigenvalue weighted by atomic mass is 79.9. The number of ether oxygens (including phenoxy) is 2. The number of nitrogens with one attached hydrogen (secondary N) is 1. The topological polar surface area (TPSA) is 43.4 Å². The maximum absolute atomic E-state index is 12.9. The molecule has 0 saturated carbocycles. The quantitative estimate of drug-likeness (QED) is 0.907. The first kappa shape index (κ1) is 12.2. The van der Waals surface area contributed by atoms with Gasteiger partial charge in [0.25, 0.3) is 0 Å². The summed E-state index contributed by atoms with van der Waals surface area (Å²) in [6.45, 7) is 0. The summed E-state index contributed by atoms with van der Waals surface area (Å²) in [5.41, 5.74) is 1.37. The number of benzene rings is 1. The Bertz CT molecular complexity index is 637. The summed E-state index contributed by atoms with van der Waals surface area (Å²) in [7, 11) is 0. The zero-order chi connectivity index (χ0) is 13.5. The van der Waals surface area contributed by atoms with Crippen LogP contribution >= 0.6 is 15.9 Å². The average molecular weight is 329 g/mol. The monoisotopic (exact) mass is 328 g/mol. The van der Waals surface area contributed by atoms with Gasteiger partial charge in [-0.3, -0.25) is 4.98 Å². The molecule has 3 rings (SSSR count). The largest absolute Gasteiger partial charge is 0.586 e. The fraction of sp³-hybridized carbons (Fsp3) is 0.0833. The molecule has 0 bridgehead atoms. The van der Waals surface area contributed by atoms with E-state index >= 15 is 0 Å². The highest BCUT2D eigenvalue weighted by Gasteiger charge is 2.43. The predicted octanol–water partition coefficient (Wildman–Crippen LogP) is 3.91. The Kier molecular flexibility index (Phi) is 2.78. The molecule has 0 fully saturated rings. The Labute approximate surface area is 115 Å². The Morgan fingerprint density at radius 2 is 1.95 bits per heavy atom. The number of halogens is 3. The lowest BCUT2D eigenvalue weighted by atomic mass is 10.2. The lowest BCUT2D eigenvalue weighted by Crippen LogP contribution is -2.25. The third-order valence-corrected chi connectivity index (χ3v) is 3.08. The minimum absolute atomic E-state index is 0.000165. The van der Waals surface area contributed by atoms with Crippen LogP contribution in [-0.2, 0) is 0 Å². The molecular formula is C12H7BrF2N2O2. The highest BCUT2D eigenvalue weighted by Crippen LogP contribution is 2.42. The first-order chi connectivity index (χ1) is 9.03. The number of nitrogens with zero attached hydrogens (tertiary/aromatic N) is 1. The molecule has 98 valence electrons. The molecule has 1 aromatic heterocycles. The Morgan fingerprint density at radius 1 is 1.16 bits per heavy atom. The fourth-order valence-corrected chi connectivity index (χ4v) is 2.01. The van der Waals surface area contributed by atoms with Crippen LogP contribution in [0.15, 0.2) is 41.1 Å². The summed E-state index contributed by atoms with van der Waals surface area (Å²) in [5.74, 6) is 0.0181. The maximum Gasteiger partial charge on any atom is 0.586 e. The molecule has 2 heterocycles. The minimum atomic E-state index is -3.60. The lowest BCUT2D eigenvalue weighted by Gasteiger charge is -2.08. The summed E-state index contributed by atoms with van der Waals surface area (Å²) < 4.78 is 35.2. The van der Waals surface area contributed by atoms with E-state index in [1.807, 2.05) is 0 Å². The van der Waals surface area contributed by atoms with Gasteiger partial charge in [0.2, 0.25) is 0 Å². The van der Waals surface area contributed by atoms with Gasteiger partial charge in [-0.2, -0.15) is 0 Å². The Hall–Kier alpha value is -1.89. The molecule has 2 aromatic rings. The molecule has 0 amide bonds. The van der Waals surface area contributed by atoms with Crippen LogP contribution in [-0.4, -0.2) is 11.3 Å². The van der Waals surface area contributed by atoms with Crippen molar-refractivity contribution >= 4 is 27.3 Å². The zero-order valence-electron chi connectivity index (χ0n) is 9.36. The Morgan fingerprint density at radius 3 is 2.74 bits per heavy atom. The van der Waals surface area contributed by atoms with E-state index in [4.69, 9.17) is 0 Å². The number of alkyl halides is 2. The fourth-order valence-electron chi connectivity index (χ4n) is 1.66. The van der Waals surface area contributed by atoms with E-state index in [1.54, 1.807) is 24.5 Å². The van der Waals surface area contributed by atoms with E-state index < -0.39 is 6.29 Å². The lowest BCUT2D eigenvalue weighted by molar-refractivity contribution is -0.286. The number of anilines is 2. The molecule has 0 spiro atoms. The number of hydrogen-bond acceptors (Lipinski definition) is 4. The van der Waals surface area contributed by atoms with E-state index in [-0.39, 0.29) is 11.5 Å². The molecule has 1 aliphatic rings.